The summed E-state index contributed by atoms with van der Waals surface area (Å²) in [7, 11) is -3.71. The van der Waals surface area contributed by atoms with Crippen LogP contribution in [-0.4, -0.2) is 25.9 Å². The van der Waals surface area contributed by atoms with Crippen LogP contribution in [0, 0.1) is 5.92 Å². The van der Waals surface area contributed by atoms with Crippen molar-refractivity contribution in [2.45, 2.75) is 62.7 Å². The minimum Gasteiger partial charge on any atom is -0.312 e. The number of amides is 1. The SMILES string of the molecule is CCCC(CCCC[C@H]1CCN(c2ccc(S(=O)(=O)Nc3nccs3)cc2)C1=O)c1ccc(Cl)cc1. The van der Waals surface area contributed by atoms with E-state index in [0.717, 1.165) is 55.7 Å². The van der Waals surface area contributed by atoms with Crippen molar-refractivity contribution in [2.24, 2.45) is 5.92 Å². The van der Waals surface area contributed by atoms with E-state index < -0.39 is 10.0 Å². The van der Waals surface area contributed by atoms with E-state index >= 15 is 0 Å². The van der Waals surface area contributed by atoms with Crippen LogP contribution in [-0.2, 0) is 14.8 Å². The van der Waals surface area contributed by atoms with Gasteiger partial charge in [0.2, 0.25) is 5.91 Å². The molecule has 2 heterocycles. The predicted molar refractivity (Wildman–Crippen MR) is 147 cm³/mol. The Morgan fingerprint density at radius 1 is 1.11 bits per heavy atom. The topological polar surface area (TPSA) is 79.4 Å². The lowest BCUT2D eigenvalue weighted by Crippen LogP contribution is -2.27. The lowest BCUT2D eigenvalue weighted by Gasteiger charge is -2.18. The van der Waals surface area contributed by atoms with E-state index in [0.29, 0.717) is 17.6 Å². The molecule has 1 unspecified atom stereocenters. The Labute approximate surface area is 222 Å². The van der Waals surface area contributed by atoms with E-state index in [9.17, 15) is 13.2 Å². The number of nitrogens with one attached hydrogen (secondary N) is 1. The normalized spacial score (nSPS) is 16.9. The average Bonchev–Trinajstić information content (AvgIpc) is 3.51. The third kappa shape index (κ3) is 6.66. The molecule has 36 heavy (non-hydrogen) atoms. The maximum Gasteiger partial charge on any atom is 0.263 e. The van der Waals surface area contributed by atoms with E-state index in [-0.39, 0.29) is 16.7 Å². The van der Waals surface area contributed by atoms with E-state index in [2.05, 4.69) is 28.8 Å². The number of carbonyl (C=O) groups is 1. The maximum atomic E-state index is 13.1. The molecule has 6 nitrogen and oxygen atoms in total. The molecule has 0 radical (unpaired) electrons. The van der Waals surface area contributed by atoms with E-state index in [1.165, 1.54) is 29.0 Å². The van der Waals surface area contributed by atoms with E-state index in [1.54, 1.807) is 28.6 Å². The first-order valence-corrected chi connectivity index (χ1v) is 15.2. The molecule has 192 valence electrons. The van der Waals surface area contributed by atoms with Crippen molar-refractivity contribution < 1.29 is 13.2 Å². The molecule has 0 spiro atoms. The van der Waals surface area contributed by atoms with Gasteiger partial charge in [-0.05, 0) is 73.6 Å². The molecular formula is C27H32ClN3O3S2. The summed E-state index contributed by atoms with van der Waals surface area (Å²) in [4.78, 5) is 18.9. The van der Waals surface area contributed by atoms with Crippen LogP contribution in [0.2, 0.25) is 5.02 Å². The van der Waals surface area contributed by atoms with Gasteiger partial charge in [-0.2, -0.15) is 0 Å². The summed E-state index contributed by atoms with van der Waals surface area (Å²) in [5, 5.41) is 2.80. The fourth-order valence-electron chi connectivity index (χ4n) is 4.86. The minimum atomic E-state index is -3.71. The Hall–Kier alpha value is -2.42. The zero-order valence-electron chi connectivity index (χ0n) is 20.4. The van der Waals surface area contributed by atoms with Gasteiger partial charge in [0.25, 0.3) is 10.0 Å². The highest BCUT2D eigenvalue weighted by Gasteiger charge is 2.32. The summed E-state index contributed by atoms with van der Waals surface area (Å²) < 4.78 is 27.6. The van der Waals surface area contributed by atoms with Crippen LogP contribution in [0.5, 0.6) is 0 Å². The third-order valence-electron chi connectivity index (χ3n) is 6.76. The lowest BCUT2D eigenvalue weighted by molar-refractivity contribution is -0.120. The van der Waals surface area contributed by atoms with Crippen molar-refractivity contribution in [3.8, 4) is 0 Å². The van der Waals surface area contributed by atoms with Gasteiger partial charge < -0.3 is 4.90 Å². The quantitative estimate of drug-likeness (QED) is 0.246. The highest BCUT2D eigenvalue weighted by Crippen LogP contribution is 2.32. The third-order valence-corrected chi connectivity index (χ3v) is 9.19. The number of halogens is 1. The monoisotopic (exact) mass is 545 g/mol. The van der Waals surface area contributed by atoms with Crippen LogP contribution in [0.1, 0.15) is 63.4 Å². The zero-order valence-corrected chi connectivity index (χ0v) is 22.8. The van der Waals surface area contributed by atoms with Crippen LogP contribution in [0.3, 0.4) is 0 Å². The molecule has 0 saturated carbocycles. The number of unbranched alkanes of at least 4 members (excludes halogenated alkanes) is 1. The van der Waals surface area contributed by atoms with Gasteiger partial charge in [-0.15, -0.1) is 11.3 Å². The largest absolute Gasteiger partial charge is 0.312 e. The summed E-state index contributed by atoms with van der Waals surface area (Å²) in [5.41, 5.74) is 2.08. The number of hydrogen-bond acceptors (Lipinski definition) is 5. The minimum absolute atomic E-state index is 0.0279. The number of sulfonamides is 1. The maximum absolute atomic E-state index is 13.1. The number of rotatable bonds is 12. The summed E-state index contributed by atoms with van der Waals surface area (Å²) >= 11 is 7.27. The second-order valence-corrected chi connectivity index (χ2v) is 12.2. The summed E-state index contributed by atoms with van der Waals surface area (Å²) in [6.45, 7) is 2.88. The van der Waals surface area contributed by atoms with E-state index in [4.69, 9.17) is 11.6 Å². The molecule has 1 aromatic heterocycles. The fourth-order valence-corrected chi connectivity index (χ4v) is 6.77. The molecule has 2 aromatic carbocycles. The van der Waals surface area contributed by atoms with Crippen LogP contribution < -0.4 is 9.62 Å². The van der Waals surface area contributed by atoms with Crippen LogP contribution in [0.4, 0.5) is 10.8 Å². The number of thiazole rings is 1. The molecule has 2 atom stereocenters. The van der Waals surface area contributed by atoms with Crippen molar-refractivity contribution in [1.82, 2.24) is 4.98 Å². The van der Waals surface area contributed by atoms with Crippen molar-refractivity contribution in [2.75, 3.05) is 16.2 Å². The Kier molecular flexibility index (Phi) is 9.04. The standard InChI is InChI=1S/C27H32ClN3O3S2/c1-2-5-20(21-8-10-23(28)11-9-21)6-3-4-7-22-16-18-31(26(22)32)24-12-14-25(15-13-24)36(33,34)30-27-29-17-19-35-27/h8-15,17,19-20,22H,2-7,16,18H2,1H3,(H,29,30)/t20?,22-/m0/s1. The Morgan fingerprint density at radius 3 is 2.53 bits per heavy atom. The van der Waals surface area contributed by atoms with Crippen LogP contribution in [0.15, 0.2) is 65.0 Å². The smallest absolute Gasteiger partial charge is 0.263 e. The van der Waals surface area contributed by atoms with E-state index in [1.807, 2.05) is 12.1 Å². The predicted octanol–water partition coefficient (Wildman–Crippen LogP) is 7.09. The summed E-state index contributed by atoms with van der Waals surface area (Å²) in [6.07, 6.45) is 8.80. The van der Waals surface area contributed by atoms with Crippen LogP contribution >= 0.6 is 22.9 Å². The molecule has 3 aromatic rings. The molecular weight excluding hydrogens is 514 g/mol. The molecule has 1 fully saturated rings. The first-order chi connectivity index (χ1) is 17.4. The zero-order chi connectivity index (χ0) is 25.5. The molecule has 9 heteroatoms. The van der Waals surface area contributed by atoms with Crippen molar-refractivity contribution in [3.63, 3.8) is 0 Å². The van der Waals surface area contributed by atoms with Crippen LogP contribution in [0.25, 0.3) is 0 Å². The van der Waals surface area contributed by atoms with Gasteiger partial charge in [0.15, 0.2) is 5.13 Å². The number of nitrogens with zero attached hydrogens (tertiary/aromatic N) is 2. The fraction of sp³-hybridized carbons (Fsp3) is 0.407. The molecule has 0 bridgehead atoms. The highest BCUT2D eigenvalue weighted by molar-refractivity contribution is 7.93. The van der Waals surface area contributed by atoms with Crippen molar-refractivity contribution in [1.29, 1.82) is 0 Å². The molecule has 4 rings (SSSR count). The Morgan fingerprint density at radius 2 is 1.86 bits per heavy atom. The van der Waals surface area contributed by atoms with Gasteiger partial charge in [0.05, 0.1) is 4.90 Å². The molecule has 1 aliphatic rings. The second-order valence-electron chi connectivity index (χ2n) is 9.23. The number of hydrogen-bond donors (Lipinski definition) is 1. The molecule has 1 saturated heterocycles. The number of carbonyl (C=O) groups excluding carboxylic acids is 1. The average molecular weight is 546 g/mol. The van der Waals surface area contributed by atoms with Gasteiger partial charge in [-0.3, -0.25) is 9.52 Å². The molecule has 1 amide bonds. The first-order valence-electron chi connectivity index (χ1n) is 12.5. The molecule has 0 aliphatic carbocycles. The van der Waals surface area contributed by atoms with Crippen molar-refractivity contribution >= 4 is 49.7 Å². The Bertz CT molecular complexity index is 1230. The van der Waals surface area contributed by atoms with Gasteiger partial charge in [0.1, 0.15) is 0 Å². The molecule has 1 aliphatic heterocycles. The number of benzene rings is 2. The number of anilines is 2. The molecule has 1 N–H and O–H groups in total. The van der Waals surface area contributed by atoms with Crippen molar-refractivity contribution in [3.05, 3.63) is 70.7 Å². The summed E-state index contributed by atoms with van der Waals surface area (Å²) in [6, 6.07) is 14.7. The second kappa shape index (κ2) is 12.2. The summed E-state index contributed by atoms with van der Waals surface area (Å²) in [5.74, 6) is 0.692. The van der Waals surface area contributed by atoms with Gasteiger partial charge in [-0.1, -0.05) is 49.9 Å². The first kappa shape index (κ1) is 26.6. The van der Waals surface area contributed by atoms with Gasteiger partial charge in [-0.25, -0.2) is 13.4 Å². The highest BCUT2D eigenvalue weighted by atomic mass is 35.5. The Balaban J connectivity index is 1.28. The number of aromatic nitrogens is 1. The van der Waals surface area contributed by atoms with Gasteiger partial charge in [0, 0.05) is 34.7 Å². The lowest BCUT2D eigenvalue weighted by atomic mass is 9.88. The van der Waals surface area contributed by atoms with Gasteiger partial charge >= 0.3 is 0 Å².